The Morgan fingerprint density at radius 3 is 1.97 bits per heavy atom. The van der Waals surface area contributed by atoms with Crippen LogP contribution in [0.3, 0.4) is 0 Å². The molecule has 0 unspecified atom stereocenters. The molecule has 0 bridgehead atoms. The fourth-order valence-electron chi connectivity index (χ4n) is 1.85. The topological polar surface area (TPSA) is 157 Å². The van der Waals surface area contributed by atoms with E-state index in [-0.39, 0.29) is 124 Å². The molecule has 1 heterocycles. The Labute approximate surface area is 259 Å². The van der Waals surface area contributed by atoms with Crippen molar-refractivity contribution in [2.75, 3.05) is 0 Å². The zero-order valence-electron chi connectivity index (χ0n) is 18.1. The molecule has 29 heavy (non-hydrogen) atoms. The van der Waals surface area contributed by atoms with Crippen LogP contribution in [0.15, 0.2) is 34.6 Å². The molecule has 1 aromatic rings. The SMILES string of the molecule is CC(C)=CCC/C(C)=C/Cn1cc(C=C(P(=O)([O-])[O-])P(=O)([O-])[O-])nn1.[Na+].[Na+].[Na+].[Na+]. The van der Waals surface area contributed by atoms with E-state index in [1.54, 1.807) is 0 Å². The van der Waals surface area contributed by atoms with Gasteiger partial charge in [-0.1, -0.05) is 28.5 Å². The third-order valence-electron chi connectivity index (χ3n) is 3.11. The number of nitrogens with zero attached hydrogens (tertiary/aromatic N) is 3. The molecule has 0 N–H and O–H groups in total. The van der Waals surface area contributed by atoms with Crippen LogP contribution in [0.1, 0.15) is 39.3 Å². The Morgan fingerprint density at radius 1 is 1.00 bits per heavy atom. The molecule has 140 valence electrons. The quantitative estimate of drug-likeness (QED) is 0.202. The molecule has 0 aromatic carbocycles. The van der Waals surface area contributed by atoms with Gasteiger partial charge in [-0.25, -0.2) is 4.68 Å². The molecule has 0 fully saturated rings. The summed E-state index contributed by atoms with van der Waals surface area (Å²) < 4.78 is 23.2. The molecule has 1 rings (SSSR count). The Kier molecular flexibility index (Phi) is 24.2. The second-order valence-corrected chi connectivity index (χ2v) is 9.04. The molecule has 0 aliphatic heterocycles. The molecule has 1 aromatic heterocycles. The molecule has 0 saturated heterocycles. The summed E-state index contributed by atoms with van der Waals surface area (Å²) in [5.41, 5.74) is 2.14. The zero-order chi connectivity index (χ0) is 19.3. The van der Waals surface area contributed by atoms with Crippen LogP contribution in [0.4, 0.5) is 0 Å². The van der Waals surface area contributed by atoms with Crippen molar-refractivity contribution in [3.05, 3.63) is 40.2 Å². The van der Waals surface area contributed by atoms with E-state index >= 15 is 0 Å². The molecule has 0 spiro atoms. The average Bonchev–Trinajstić information content (AvgIpc) is 2.87. The first-order chi connectivity index (χ1) is 11.4. The summed E-state index contributed by atoms with van der Waals surface area (Å²) in [5, 5.41) is 5.52. The van der Waals surface area contributed by atoms with Gasteiger partial charge in [0.2, 0.25) is 0 Å². The van der Waals surface area contributed by atoms with Crippen LogP contribution >= 0.6 is 15.2 Å². The largest absolute Gasteiger partial charge is 1.00 e. The monoisotopic (exact) mass is 479 g/mol. The van der Waals surface area contributed by atoms with Gasteiger partial charge in [-0.15, -0.1) is 5.10 Å². The van der Waals surface area contributed by atoms with Crippen LogP contribution in [0.2, 0.25) is 0 Å². The molecule has 0 saturated carbocycles. The van der Waals surface area contributed by atoms with Crippen molar-refractivity contribution in [3.63, 3.8) is 0 Å². The summed E-state index contributed by atoms with van der Waals surface area (Å²) in [6.07, 6.45) is 7.44. The van der Waals surface area contributed by atoms with E-state index in [0.29, 0.717) is 12.6 Å². The van der Waals surface area contributed by atoms with Crippen molar-refractivity contribution in [1.29, 1.82) is 0 Å². The minimum absolute atomic E-state index is 0. The maximum Gasteiger partial charge on any atom is 1.00 e. The van der Waals surface area contributed by atoms with E-state index in [0.717, 1.165) is 18.4 Å². The molecular weight excluding hydrogens is 460 g/mol. The predicted molar refractivity (Wildman–Crippen MR) is 85.6 cm³/mol. The first-order valence-corrected chi connectivity index (χ1v) is 10.4. The van der Waals surface area contributed by atoms with E-state index < -0.39 is 20.2 Å². The average molecular weight is 479 g/mol. The van der Waals surface area contributed by atoms with Crippen molar-refractivity contribution in [2.24, 2.45) is 0 Å². The van der Waals surface area contributed by atoms with Gasteiger partial charge in [0.25, 0.3) is 0 Å². The molecule has 0 aliphatic rings. The molecule has 0 aliphatic carbocycles. The fourth-order valence-corrected chi connectivity index (χ4v) is 3.63. The summed E-state index contributed by atoms with van der Waals surface area (Å²) >= 11 is 0. The molecule has 0 amide bonds. The first kappa shape index (κ1) is 38.9. The van der Waals surface area contributed by atoms with Crippen LogP contribution < -0.4 is 138 Å². The maximum absolute atomic E-state index is 10.9. The van der Waals surface area contributed by atoms with Crippen LogP contribution in [0, 0.1) is 0 Å². The summed E-state index contributed by atoms with van der Waals surface area (Å²) in [7, 11) is -11.5. The standard InChI is InChI=1S/C14H23N3O6P2.4Na/c1-11(2)5-4-6-12(3)7-8-17-10-13(15-16-17)9-14(24(18,19)20)25(21,22)23;;;;/h5,7,9-10H,4,6,8H2,1-3H3,(H2,18,19,20)(H2,21,22,23);;;;/q;4*+1/p-4/b12-7+;;;;. The smallest absolute Gasteiger partial charge is 0.807 e. The summed E-state index contributed by atoms with van der Waals surface area (Å²) in [6.45, 7) is 6.31. The van der Waals surface area contributed by atoms with E-state index in [4.69, 9.17) is 0 Å². The molecule has 0 radical (unpaired) electrons. The number of rotatable bonds is 8. The van der Waals surface area contributed by atoms with Crippen LogP contribution in [-0.2, 0) is 15.7 Å². The van der Waals surface area contributed by atoms with Crippen molar-refractivity contribution >= 4 is 21.3 Å². The van der Waals surface area contributed by atoms with Crippen molar-refractivity contribution in [2.45, 2.75) is 40.2 Å². The van der Waals surface area contributed by atoms with Gasteiger partial charge in [-0.05, 0) is 59.9 Å². The summed E-state index contributed by atoms with van der Waals surface area (Å²) in [4.78, 5) is 43.7. The van der Waals surface area contributed by atoms with Gasteiger partial charge in [-0.3, -0.25) is 0 Å². The number of hydrogen-bond donors (Lipinski definition) is 0. The summed E-state index contributed by atoms with van der Waals surface area (Å²) in [5.74, 6) is 0. The maximum atomic E-state index is 10.9. The Balaban J connectivity index is -0.000000781. The van der Waals surface area contributed by atoms with Gasteiger partial charge in [0, 0.05) is 0 Å². The number of aromatic nitrogens is 3. The van der Waals surface area contributed by atoms with Gasteiger partial charge < -0.3 is 28.7 Å². The summed E-state index contributed by atoms with van der Waals surface area (Å²) in [6, 6.07) is 0. The third kappa shape index (κ3) is 16.9. The van der Waals surface area contributed by atoms with Crippen molar-refractivity contribution < 1.29 is 147 Å². The van der Waals surface area contributed by atoms with Crippen molar-refractivity contribution in [1.82, 2.24) is 15.0 Å². The van der Waals surface area contributed by atoms with E-state index in [9.17, 15) is 28.7 Å². The molecule has 9 nitrogen and oxygen atoms in total. The molecular formula is C14H19N3Na4O6P2. The van der Waals surface area contributed by atoms with Gasteiger partial charge in [0.15, 0.2) is 0 Å². The van der Waals surface area contributed by atoms with Gasteiger partial charge >= 0.3 is 118 Å². The second-order valence-electron chi connectivity index (χ2n) is 5.73. The molecule has 15 heteroatoms. The first-order valence-electron chi connectivity index (χ1n) is 7.35. The van der Waals surface area contributed by atoms with E-state index in [1.807, 2.05) is 26.8 Å². The molecule has 0 atom stereocenters. The van der Waals surface area contributed by atoms with E-state index in [2.05, 4.69) is 16.4 Å². The Hall–Kier alpha value is 2.66. The van der Waals surface area contributed by atoms with E-state index in [1.165, 1.54) is 16.5 Å². The second kappa shape index (κ2) is 18.0. The van der Waals surface area contributed by atoms with Gasteiger partial charge in [0.1, 0.15) is 5.69 Å². The minimum Gasteiger partial charge on any atom is -0.807 e. The fraction of sp³-hybridized carbons (Fsp3) is 0.429. The van der Waals surface area contributed by atoms with Gasteiger partial charge in [-0.2, -0.15) is 0 Å². The number of allylic oxidation sites excluding steroid dienone is 4. The number of hydrogen-bond acceptors (Lipinski definition) is 8. The normalized spacial score (nSPS) is 11.1. The third-order valence-corrected chi connectivity index (χ3v) is 5.96. The zero-order valence-corrected chi connectivity index (χ0v) is 27.9. The Morgan fingerprint density at radius 2 is 1.52 bits per heavy atom. The minimum atomic E-state index is -5.73. The van der Waals surface area contributed by atoms with Crippen LogP contribution in [-0.4, -0.2) is 15.0 Å². The predicted octanol–water partition coefficient (Wildman–Crippen LogP) is -11.9. The Bertz CT molecular complexity index is 773. The van der Waals surface area contributed by atoms with Gasteiger partial charge in [0.05, 0.1) is 12.7 Å². The van der Waals surface area contributed by atoms with Crippen LogP contribution in [0.5, 0.6) is 0 Å². The van der Waals surface area contributed by atoms with Crippen LogP contribution in [0.25, 0.3) is 6.08 Å². The van der Waals surface area contributed by atoms with Crippen molar-refractivity contribution in [3.8, 4) is 0 Å².